The van der Waals surface area contributed by atoms with Gasteiger partial charge in [-0.2, -0.15) is 4.99 Å². The molecule has 1 aromatic rings. The molecule has 21 heavy (non-hydrogen) atoms. The van der Waals surface area contributed by atoms with Crippen LogP contribution in [0.2, 0.25) is 0 Å². The summed E-state index contributed by atoms with van der Waals surface area (Å²) in [5.41, 5.74) is 0.548. The highest BCUT2D eigenvalue weighted by atomic mass is 32.2. The van der Waals surface area contributed by atoms with Gasteiger partial charge in [0.05, 0.1) is 17.5 Å². The second-order valence-corrected chi connectivity index (χ2v) is 8.51. The van der Waals surface area contributed by atoms with E-state index in [0.29, 0.717) is 17.3 Å². The molecule has 0 N–H and O–H groups in total. The molecule has 2 saturated heterocycles. The number of fused-ring (bicyclic) bond motifs is 1. The number of carbonyl (C=O) groups is 1. The number of nitrogens with zero attached hydrogens (tertiary/aromatic N) is 2. The van der Waals surface area contributed by atoms with Gasteiger partial charge in [0.25, 0.3) is 5.91 Å². The minimum absolute atomic E-state index is 0.00252. The van der Waals surface area contributed by atoms with Crippen molar-refractivity contribution in [3.63, 3.8) is 0 Å². The van der Waals surface area contributed by atoms with E-state index in [4.69, 9.17) is 0 Å². The summed E-state index contributed by atoms with van der Waals surface area (Å²) in [6.45, 7) is 2.61. The van der Waals surface area contributed by atoms with Gasteiger partial charge in [-0.25, -0.2) is 8.42 Å². The van der Waals surface area contributed by atoms with Crippen LogP contribution in [0.15, 0.2) is 35.3 Å². The lowest BCUT2D eigenvalue weighted by Crippen LogP contribution is -2.37. The van der Waals surface area contributed by atoms with Crippen molar-refractivity contribution in [3.05, 3.63) is 35.9 Å². The van der Waals surface area contributed by atoms with Crippen molar-refractivity contribution in [2.45, 2.75) is 18.2 Å². The van der Waals surface area contributed by atoms with Crippen LogP contribution in [-0.2, 0) is 9.84 Å². The molecule has 7 heteroatoms. The highest BCUT2D eigenvalue weighted by Gasteiger charge is 2.48. The van der Waals surface area contributed by atoms with Gasteiger partial charge in [0.15, 0.2) is 15.0 Å². The lowest BCUT2D eigenvalue weighted by molar-refractivity contribution is 0.100. The monoisotopic (exact) mass is 324 g/mol. The average Bonchev–Trinajstić information content (AvgIpc) is 2.90. The number of sulfone groups is 1. The van der Waals surface area contributed by atoms with E-state index >= 15 is 0 Å². The summed E-state index contributed by atoms with van der Waals surface area (Å²) >= 11 is 1.42. The number of amidine groups is 1. The SMILES string of the molecule is CCN1C(=NC(=O)c2ccccc2)S[C@@H]2CS(=O)(=O)C[C@@H]21. The van der Waals surface area contributed by atoms with E-state index in [2.05, 4.69) is 4.99 Å². The van der Waals surface area contributed by atoms with Crippen LogP contribution >= 0.6 is 11.8 Å². The van der Waals surface area contributed by atoms with Gasteiger partial charge in [-0.1, -0.05) is 30.0 Å². The molecule has 2 aliphatic heterocycles. The third kappa shape index (κ3) is 2.85. The maximum Gasteiger partial charge on any atom is 0.279 e. The Morgan fingerprint density at radius 3 is 2.71 bits per heavy atom. The first kappa shape index (κ1) is 14.6. The molecule has 0 spiro atoms. The third-order valence-corrected chi connectivity index (χ3v) is 6.98. The van der Waals surface area contributed by atoms with Gasteiger partial charge in [0, 0.05) is 17.4 Å². The van der Waals surface area contributed by atoms with Crippen molar-refractivity contribution >= 4 is 32.7 Å². The summed E-state index contributed by atoms with van der Waals surface area (Å²) in [4.78, 5) is 18.3. The van der Waals surface area contributed by atoms with Crippen LogP contribution in [0.25, 0.3) is 0 Å². The van der Waals surface area contributed by atoms with Crippen molar-refractivity contribution < 1.29 is 13.2 Å². The molecule has 2 atom stereocenters. The van der Waals surface area contributed by atoms with E-state index in [1.54, 1.807) is 24.3 Å². The van der Waals surface area contributed by atoms with Gasteiger partial charge in [0.2, 0.25) is 0 Å². The Balaban J connectivity index is 1.84. The topological polar surface area (TPSA) is 66.8 Å². The second-order valence-electron chi connectivity index (χ2n) is 5.15. The molecule has 2 fully saturated rings. The molecule has 2 aliphatic rings. The number of rotatable bonds is 2. The Bertz CT molecular complexity index is 685. The third-order valence-electron chi connectivity index (χ3n) is 3.73. The summed E-state index contributed by atoms with van der Waals surface area (Å²) in [5, 5.41) is 0.647. The van der Waals surface area contributed by atoms with Crippen molar-refractivity contribution in [1.82, 2.24) is 4.90 Å². The Morgan fingerprint density at radius 1 is 1.33 bits per heavy atom. The zero-order valence-corrected chi connectivity index (χ0v) is 13.2. The van der Waals surface area contributed by atoms with E-state index in [9.17, 15) is 13.2 Å². The number of hydrogen-bond donors (Lipinski definition) is 0. The molecule has 0 aromatic heterocycles. The molecule has 0 saturated carbocycles. The van der Waals surface area contributed by atoms with Crippen LogP contribution in [-0.4, -0.2) is 53.7 Å². The average molecular weight is 324 g/mol. The molecule has 0 aliphatic carbocycles. The fraction of sp³-hybridized carbons (Fsp3) is 0.429. The highest BCUT2D eigenvalue weighted by Crippen LogP contribution is 2.37. The molecule has 3 rings (SSSR count). The molecule has 0 bridgehead atoms. The van der Waals surface area contributed by atoms with Gasteiger partial charge < -0.3 is 4.90 Å². The zero-order chi connectivity index (χ0) is 15.0. The first-order valence-corrected chi connectivity index (χ1v) is 9.52. The number of carbonyl (C=O) groups excluding carboxylic acids is 1. The summed E-state index contributed by atoms with van der Waals surface area (Å²) < 4.78 is 23.4. The predicted octanol–water partition coefficient (Wildman–Crippen LogP) is 1.42. The van der Waals surface area contributed by atoms with Gasteiger partial charge in [0.1, 0.15) is 0 Å². The van der Waals surface area contributed by atoms with Gasteiger partial charge >= 0.3 is 0 Å². The summed E-state index contributed by atoms with van der Waals surface area (Å²) in [6.07, 6.45) is 0. The lowest BCUT2D eigenvalue weighted by Gasteiger charge is -2.22. The maximum absolute atomic E-state index is 12.2. The number of amides is 1. The highest BCUT2D eigenvalue weighted by molar-refractivity contribution is 8.15. The number of benzene rings is 1. The van der Waals surface area contributed by atoms with E-state index in [1.165, 1.54) is 11.8 Å². The van der Waals surface area contributed by atoms with Crippen molar-refractivity contribution in [1.29, 1.82) is 0 Å². The molecular formula is C14H16N2O3S2. The van der Waals surface area contributed by atoms with Crippen LogP contribution < -0.4 is 0 Å². The van der Waals surface area contributed by atoms with Crippen molar-refractivity contribution in [3.8, 4) is 0 Å². The van der Waals surface area contributed by atoms with Crippen LogP contribution in [0, 0.1) is 0 Å². The molecular weight excluding hydrogens is 308 g/mol. The van der Waals surface area contributed by atoms with Crippen LogP contribution in [0.1, 0.15) is 17.3 Å². The molecule has 1 amide bonds. The van der Waals surface area contributed by atoms with Crippen LogP contribution in [0.3, 0.4) is 0 Å². The normalized spacial score (nSPS) is 28.8. The van der Waals surface area contributed by atoms with Crippen molar-refractivity contribution in [2.24, 2.45) is 4.99 Å². The van der Waals surface area contributed by atoms with Gasteiger partial charge in [-0.3, -0.25) is 4.79 Å². The fourth-order valence-electron chi connectivity index (χ4n) is 2.74. The summed E-state index contributed by atoms with van der Waals surface area (Å²) in [5.74, 6) is 0.0634. The molecule has 0 unspecified atom stereocenters. The smallest absolute Gasteiger partial charge is 0.279 e. The maximum atomic E-state index is 12.2. The van der Waals surface area contributed by atoms with E-state index in [0.717, 1.165) is 0 Å². The number of thioether (sulfide) groups is 1. The molecule has 112 valence electrons. The fourth-order valence-corrected chi connectivity index (χ4v) is 6.75. The van der Waals surface area contributed by atoms with Gasteiger partial charge in [-0.05, 0) is 19.1 Å². The Morgan fingerprint density at radius 2 is 2.05 bits per heavy atom. The standard InChI is InChI=1S/C14H16N2O3S2/c1-2-16-11-8-21(18,19)9-12(11)20-14(16)15-13(17)10-6-4-3-5-7-10/h3-7,11-12H,2,8-9H2,1H3/t11-,12+/m0/s1. The largest absolute Gasteiger partial charge is 0.346 e. The molecule has 1 aromatic carbocycles. The number of aliphatic imine (C=N–C) groups is 1. The zero-order valence-electron chi connectivity index (χ0n) is 11.6. The molecule has 5 nitrogen and oxygen atoms in total. The second kappa shape index (κ2) is 5.46. The first-order valence-electron chi connectivity index (χ1n) is 6.82. The quantitative estimate of drug-likeness (QED) is 0.823. The van der Waals surface area contributed by atoms with E-state index < -0.39 is 9.84 Å². The summed E-state index contributed by atoms with van der Waals surface area (Å²) in [7, 11) is -2.96. The summed E-state index contributed by atoms with van der Waals surface area (Å²) in [6, 6.07) is 8.86. The van der Waals surface area contributed by atoms with Crippen molar-refractivity contribution in [2.75, 3.05) is 18.1 Å². The van der Waals surface area contributed by atoms with E-state index in [-0.39, 0.29) is 28.7 Å². The molecule has 0 radical (unpaired) electrons. The van der Waals surface area contributed by atoms with Crippen LogP contribution in [0.5, 0.6) is 0 Å². The van der Waals surface area contributed by atoms with Gasteiger partial charge in [-0.15, -0.1) is 0 Å². The van der Waals surface area contributed by atoms with Crippen LogP contribution in [0.4, 0.5) is 0 Å². The van der Waals surface area contributed by atoms with E-state index in [1.807, 2.05) is 17.9 Å². The minimum atomic E-state index is -2.96. The predicted molar refractivity (Wildman–Crippen MR) is 84.4 cm³/mol. The Labute approximate surface area is 128 Å². The first-order chi connectivity index (χ1) is 10.00. The number of hydrogen-bond acceptors (Lipinski definition) is 4. The Kier molecular flexibility index (Phi) is 3.79. The Hall–Kier alpha value is -1.34. The minimum Gasteiger partial charge on any atom is -0.346 e. The lowest BCUT2D eigenvalue weighted by atomic mass is 10.2. The molecule has 2 heterocycles.